The van der Waals surface area contributed by atoms with Crippen molar-refractivity contribution in [3.63, 3.8) is 0 Å². The van der Waals surface area contributed by atoms with Crippen molar-refractivity contribution in [2.24, 2.45) is 0 Å². The van der Waals surface area contributed by atoms with Gasteiger partial charge in [-0.2, -0.15) is 0 Å². The Balaban J connectivity index is 1.65. The number of carbonyl (C=O) groups is 1. The van der Waals surface area contributed by atoms with E-state index in [1.54, 1.807) is 19.3 Å². The number of benzene rings is 1. The molecule has 0 unspecified atom stereocenters. The van der Waals surface area contributed by atoms with Gasteiger partial charge in [-0.05, 0) is 25.3 Å². The molecule has 2 aliphatic heterocycles. The van der Waals surface area contributed by atoms with E-state index in [0.717, 1.165) is 31.5 Å². The number of rotatable bonds is 4. The third-order valence-electron chi connectivity index (χ3n) is 4.02. The van der Waals surface area contributed by atoms with Gasteiger partial charge in [0.25, 0.3) is 0 Å². The summed E-state index contributed by atoms with van der Waals surface area (Å²) in [7, 11) is 1.62. The van der Waals surface area contributed by atoms with Crippen LogP contribution in [0.1, 0.15) is 24.8 Å². The highest BCUT2D eigenvalue weighted by Crippen LogP contribution is 2.38. The Labute approximate surface area is 136 Å². The lowest BCUT2D eigenvalue weighted by molar-refractivity contribution is -0.126. The highest BCUT2D eigenvalue weighted by Gasteiger charge is 2.16. The zero-order valence-corrected chi connectivity index (χ0v) is 13.3. The number of hydrogen-bond donors (Lipinski definition) is 0. The van der Waals surface area contributed by atoms with E-state index in [-0.39, 0.29) is 12.7 Å². The average Bonchev–Trinajstić information content (AvgIpc) is 3.05. The second-order valence-electron chi connectivity index (χ2n) is 5.55. The van der Waals surface area contributed by atoms with Crippen LogP contribution in [0.2, 0.25) is 0 Å². The lowest BCUT2D eigenvalue weighted by atomic mass is 10.1. The lowest BCUT2D eigenvalue weighted by Crippen LogP contribution is -2.34. The van der Waals surface area contributed by atoms with Gasteiger partial charge in [0.15, 0.2) is 11.5 Å². The van der Waals surface area contributed by atoms with Crippen LogP contribution in [0.4, 0.5) is 0 Å². The Morgan fingerprint density at radius 3 is 2.61 bits per heavy atom. The van der Waals surface area contributed by atoms with Gasteiger partial charge in [-0.25, -0.2) is 0 Å². The number of fused-ring (bicyclic) bond motifs is 1. The van der Waals surface area contributed by atoms with E-state index >= 15 is 0 Å². The molecule has 5 heteroatoms. The van der Waals surface area contributed by atoms with Crippen LogP contribution in [0.5, 0.6) is 17.2 Å². The topological polar surface area (TPSA) is 48.0 Å². The maximum Gasteiger partial charge on any atom is 0.246 e. The van der Waals surface area contributed by atoms with Crippen molar-refractivity contribution in [2.45, 2.75) is 19.3 Å². The first kappa shape index (κ1) is 15.5. The first-order valence-electron chi connectivity index (χ1n) is 7.89. The minimum atomic E-state index is 0.0759. The highest BCUT2D eigenvalue weighted by molar-refractivity contribution is 5.88. The minimum absolute atomic E-state index is 0.0759. The summed E-state index contributed by atoms with van der Waals surface area (Å²) in [6, 6.07) is 3.68. The number of hydrogen-bond acceptors (Lipinski definition) is 4. The standard InChI is InChI=1S/C18H21NO4/c1-21-15-12-17-16(22-13-23-17)11-14(15)7-3-4-8-18(20)19-9-5-2-6-10-19/h3-4,7-8,11-12H,2,5-6,9-10,13H2,1H3/b7-3+,8-4+. The van der Waals surface area contributed by atoms with Crippen LogP contribution in [-0.4, -0.2) is 37.8 Å². The van der Waals surface area contributed by atoms with Crippen LogP contribution in [0.25, 0.3) is 6.08 Å². The van der Waals surface area contributed by atoms with Crippen LogP contribution in [0.15, 0.2) is 30.4 Å². The lowest BCUT2D eigenvalue weighted by Gasteiger charge is -2.25. The maximum absolute atomic E-state index is 12.0. The third kappa shape index (κ3) is 3.67. The molecule has 2 aliphatic rings. The summed E-state index contributed by atoms with van der Waals surface area (Å²) in [4.78, 5) is 13.9. The summed E-state index contributed by atoms with van der Waals surface area (Å²) in [5, 5.41) is 0. The number of carbonyl (C=O) groups excluding carboxylic acids is 1. The van der Waals surface area contributed by atoms with Crippen molar-refractivity contribution in [1.29, 1.82) is 0 Å². The molecule has 0 bridgehead atoms. The molecule has 0 saturated carbocycles. The third-order valence-corrected chi connectivity index (χ3v) is 4.02. The molecular formula is C18H21NO4. The van der Waals surface area contributed by atoms with Crippen molar-refractivity contribution in [2.75, 3.05) is 27.0 Å². The van der Waals surface area contributed by atoms with Crippen LogP contribution >= 0.6 is 0 Å². The molecule has 0 aliphatic carbocycles. The Bertz CT molecular complexity index is 630. The average molecular weight is 315 g/mol. The van der Waals surface area contributed by atoms with Gasteiger partial charge in [0.05, 0.1) is 7.11 Å². The van der Waals surface area contributed by atoms with E-state index in [2.05, 4.69) is 0 Å². The summed E-state index contributed by atoms with van der Waals surface area (Å²) < 4.78 is 16.1. The van der Waals surface area contributed by atoms with Crippen LogP contribution in [0, 0.1) is 0 Å². The van der Waals surface area contributed by atoms with Gasteiger partial charge < -0.3 is 19.1 Å². The van der Waals surface area contributed by atoms with E-state index in [1.165, 1.54) is 6.42 Å². The number of methoxy groups -OCH3 is 1. The van der Waals surface area contributed by atoms with Crippen molar-refractivity contribution in [3.8, 4) is 17.2 Å². The number of nitrogens with zero attached hydrogens (tertiary/aromatic N) is 1. The Kier molecular flexibility index (Phi) is 4.86. The molecule has 0 atom stereocenters. The van der Waals surface area contributed by atoms with Gasteiger partial charge in [-0.3, -0.25) is 4.79 Å². The second-order valence-corrected chi connectivity index (χ2v) is 5.55. The van der Waals surface area contributed by atoms with Crippen molar-refractivity contribution in [3.05, 3.63) is 35.9 Å². The Morgan fingerprint density at radius 1 is 1.13 bits per heavy atom. The van der Waals surface area contributed by atoms with E-state index in [0.29, 0.717) is 17.2 Å². The van der Waals surface area contributed by atoms with Gasteiger partial charge in [0, 0.05) is 30.8 Å². The predicted octanol–water partition coefficient (Wildman–Crippen LogP) is 3.01. The fraction of sp³-hybridized carbons (Fsp3) is 0.389. The molecule has 1 aromatic rings. The van der Waals surface area contributed by atoms with Gasteiger partial charge in [-0.15, -0.1) is 0 Å². The SMILES string of the molecule is COc1cc2c(cc1/C=C/C=C/C(=O)N1CCCCC1)OCO2. The van der Waals surface area contributed by atoms with Crippen molar-refractivity contribution in [1.82, 2.24) is 4.90 Å². The summed E-state index contributed by atoms with van der Waals surface area (Å²) in [5.41, 5.74) is 0.881. The molecule has 23 heavy (non-hydrogen) atoms. The first-order valence-corrected chi connectivity index (χ1v) is 7.89. The Hall–Kier alpha value is -2.43. The predicted molar refractivity (Wildman–Crippen MR) is 87.7 cm³/mol. The molecule has 122 valence electrons. The molecule has 0 radical (unpaired) electrons. The number of likely N-dealkylation sites (tertiary alicyclic amines) is 1. The van der Waals surface area contributed by atoms with E-state index in [1.807, 2.05) is 29.2 Å². The minimum Gasteiger partial charge on any atom is -0.496 e. The number of allylic oxidation sites excluding steroid dienone is 2. The van der Waals surface area contributed by atoms with Gasteiger partial charge in [-0.1, -0.05) is 18.2 Å². The summed E-state index contributed by atoms with van der Waals surface area (Å²) >= 11 is 0. The first-order chi connectivity index (χ1) is 11.3. The quantitative estimate of drug-likeness (QED) is 0.633. The molecule has 1 aromatic carbocycles. The molecule has 0 N–H and O–H groups in total. The molecular weight excluding hydrogens is 294 g/mol. The largest absolute Gasteiger partial charge is 0.496 e. The van der Waals surface area contributed by atoms with Crippen molar-refractivity contribution >= 4 is 12.0 Å². The zero-order valence-electron chi connectivity index (χ0n) is 13.3. The van der Waals surface area contributed by atoms with E-state index in [9.17, 15) is 4.79 Å². The zero-order chi connectivity index (χ0) is 16.1. The Morgan fingerprint density at radius 2 is 1.87 bits per heavy atom. The van der Waals surface area contributed by atoms with Gasteiger partial charge in [0.2, 0.25) is 12.7 Å². The molecule has 3 rings (SSSR count). The van der Waals surface area contributed by atoms with E-state index < -0.39 is 0 Å². The normalized spacial score (nSPS) is 17.2. The molecule has 2 heterocycles. The number of piperidine rings is 1. The molecule has 0 aromatic heterocycles. The van der Waals surface area contributed by atoms with Gasteiger partial charge in [0.1, 0.15) is 5.75 Å². The summed E-state index contributed by atoms with van der Waals surface area (Å²) in [5.74, 6) is 2.18. The molecule has 5 nitrogen and oxygen atoms in total. The molecule has 1 amide bonds. The molecule has 1 fully saturated rings. The maximum atomic E-state index is 12.0. The molecule has 0 spiro atoms. The van der Waals surface area contributed by atoms with Crippen molar-refractivity contribution < 1.29 is 19.0 Å². The summed E-state index contributed by atoms with van der Waals surface area (Å²) in [6.45, 7) is 1.96. The fourth-order valence-corrected chi connectivity index (χ4v) is 2.76. The van der Waals surface area contributed by atoms with Crippen LogP contribution < -0.4 is 14.2 Å². The second kappa shape index (κ2) is 7.22. The smallest absolute Gasteiger partial charge is 0.246 e. The summed E-state index contributed by atoms with van der Waals surface area (Å²) in [6.07, 6.45) is 10.5. The van der Waals surface area contributed by atoms with Crippen LogP contribution in [-0.2, 0) is 4.79 Å². The monoisotopic (exact) mass is 315 g/mol. The fourth-order valence-electron chi connectivity index (χ4n) is 2.76. The number of ether oxygens (including phenoxy) is 3. The van der Waals surface area contributed by atoms with Crippen LogP contribution in [0.3, 0.4) is 0 Å². The number of amides is 1. The molecule has 1 saturated heterocycles. The van der Waals surface area contributed by atoms with E-state index in [4.69, 9.17) is 14.2 Å². The highest BCUT2D eigenvalue weighted by atomic mass is 16.7. The van der Waals surface area contributed by atoms with Gasteiger partial charge >= 0.3 is 0 Å².